The lowest BCUT2D eigenvalue weighted by Gasteiger charge is -1.94. The maximum absolute atomic E-state index is 8.39. The molecule has 0 spiro atoms. The highest BCUT2D eigenvalue weighted by molar-refractivity contribution is 9.11. The summed E-state index contributed by atoms with van der Waals surface area (Å²) in [5, 5.41) is 11.4. The van der Waals surface area contributed by atoms with Crippen LogP contribution >= 0.6 is 27.3 Å². The molecular formula is C11H10BrN2OS+. The van der Waals surface area contributed by atoms with E-state index >= 15 is 0 Å². The van der Waals surface area contributed by atoms with E-state index in [2.05, 4.69) is 31.7 Å². The third kappa shape index (κ3) is 2.90. The fraction of sp³-hybridized carbons (Fsp3) is 0.0909. The van der Waals surface area contributed by atoms with Crippen molar-refractivity contribution in [2.75, 3.05) is 0 Å². The van der Waals surface area contributed by atoms with Gasteiger partial charge in [0.1, 0.15) is 0 Å². The van der Waals surface area contributed by atoms with Crippen molar-refractivity contribution in [2.24, 2.45) is 5.16 Å². The number of nitrogens with zero attached hydrogens (tertiary/aromatic N) is 2. The van der Waals surface area contributed by atoms with Gasteiger partial charge >= 0.3 is 0 Å². The minimum atomic E-state index is 0.854. The molecule has 2 aromatic heterocycles. The Labute approximate surface area is 106 Å². The molecule has 2 aromatic rings. The van der Waals surface area contributed by atoms with Crippen LogP contribution < -0.4 is 4.57 Å². The van der Waals surface area contributed by atoms with Gasteiger partial charge in [-0.2, -0.15) is 4.57 Å². The molecule has 0 bridgehead atoms. The van der Waals surface area contributed by atoms with Gasteiger partial charge in [-0.25, -0.2) is 0 Å². The summed E-state index contributed by atoms with van der Waals surface area (Å²) in [4.78, 5) is 1.29. The van der Waals surface area contributed by atoms with E-state index in [1.165, 1.54) is 11.1 Å². The quantitative estimate of drug-likeness (QED) is 0.402. The average molecular weight is 298 g/mol. The van der Waals surface area contributed by atoms with Gasteiger partial charge in [0.2, 0.25) is 0 Å². The number of oxime groups is 1. The SMILES string of the molecule is O/N=C/c1cc[n+](Cc2ccc(Br)s2)cc1. The van der Waals surface area contributed by atoms with Crippen LogP contribution in [0, 0.1) is 0 Å². The highest BCUT2D eigenvalue weighted by atomic mass is 79.9. The lowest BCUT2D eigenvalue weighted by Crippen LogP contribution is -2.32. The molecule has 0 amide bonds. The lowest BCUT2D eigenvalue weighted by molar-refractivity contribution is -0.687. The maximum Gasteiger partial charge on any atom is 0.182 e. The van der Waals surface area contributed by atoms with Crippen LogP contribution in [-0.2, 0) is 6.54 Å². The molecule has 5 heteroatoms. The van der Waals surface area contributed by atoms with Crippen molar-refractivity contribution < 1.29 is 9.77 Å². The van der Waals surface area contributed by atoms with Crippen molar-refractivity contribution >= 4 is 33.5 Å². The van der Waals surface area contributed by atoms with Crippen molar-refractivity contribution in [1.29, 1.82) is 0 Å². The first-order chi connectivity index (χ1) is 7.78. The molecule has 2 heterocycles. The fourth-order valence-electron chi connectivity index (χ4n) is 1.34. The Hall–Kier alpha value is -1.20. The van der Waals surface area contributed by atoms with Gasteiger partial charge in [-0.3, -0.25) is 0 Å². The van der Waals surface area contributed by atoms with Crippen molar-refractivity contribution in [2.45, 2.75) is 6.54 Å². The third-order valence-corrected chi connectivity index (χ3v) is 3.70. The monoisotopic (exact) mass is 297 g/mol. The summed E-state index contributed by atoms with van der Waals surface area (Å²) in [5.74, 6) is 0. The highest BCUT2D eigenvalue weighted by Gasteiger charge is 2.04. The van der Waals surface area contributed by atoms with Gasteiger partial charge in [0.05, 0.1) is 14.9 Å². The second-order valence-electron chi connectivity index (χ2n) is 3.25. The van der Waals surface area contributed by atoms with Gasteiger partial charge in [-0.05, 0) is 28.1 Å². The lowest BCUT2D eigenvalue weighted by atomic mass is 10.3. The van der Waals surface area contributed by atoms with Crippen LogP contribution in [-0.4, -0.2) is 11.4 Å². The summed E-state index contributed by atoms with van der Waals surface area (Å²) in [6.45, 7) is 0.854. The van der Waals surface area contributed by atoms with Gasteiger partial charge in [-0.1, -0.05) is 5.16 Å². The molecule has 82 valence electrons. The van der Waals surface area contributed by atoms with Crippen molar-refractivity contribution in [3.05, 3.63) is 50.9 Å². The van der Waals surface area contributed by atoms with Crippen molar-refractivity contribution in [3.63, 3.8) is 0 Å². The van der Waals surface area contributed by atoms with Crippen LogP contribution in [0.2, 0.25) is 0 Å². The zero-order valence-corrected chi connectivity index (χ0v) is 10.8. The Morgan fingerprint density at radius 1 is 1.31 bits per heavy atom. The fourth-order valence-corrected chi connectivity index (χ4v) is 2.84. The molecular weight excluding hydrogens is 288 g/mol. The summed E-state index contributed by atoms with van der Waals surface area (Å²) >= 11 is 5.17. The van der Waals surface area contributed by atoms with E-state index in [1.807, 2.05) is 30.6 Å². The third-order valence-electron chi connectivity index (χ3n) is 2.09. The topological polar surface area (TPSA) is 36.5 Å². The highest BCUT2D eigenvalue weighted by Crippen LogP contribution is 2.21. The van der Waals surface area contributed by atoms with E-state index in [9.17, 15) is 0 Å². The Kier molecular flexibility index (Phi) is 3.69. The second kappa shape index (κ2) is 5.23. The van der Waals surface area contributed by atoms with Gasteiger partial charge in [0, 0.05) is 17.7 Å². The number of thiophene rings is 1. The largest absolute Gasteiger partial charge is 0.411 e. The van der Waals surface area contributed by atoms with Crippen LogP contribution in [0.5, 0.6) is 0 Å². The Balaban J connectivity index is 2.10. The van der Waals surface area contributed by atoms with E-state index < -0.39 is 0 Å². The number of rotatable bonds is 3. The molecule has 0 saturated heterocycles. The zero-order chi connectivity index (χ0) is 11.4. The molecule has 0 aliphatic heterocycles. The van der Waals surface area contributed by atoms with E-state index in [0.29, 0.717) is 0 Å². The molecule has 0 fully saturated rings. The first-order valence-electron chi connectivity index (χ1n) is 4.68. The normalized spacial score (nSPS) is 11.1. The number of hydrogen-bond donors (Lipinski definition) is 1. The summed E-state index contributed by atoms with van der Waals surface area (Å²) in [5.41, 5.74) is 0.881. The number of pyridine rings is 1. The molecule has 0 radical (unpaired) electrons. The molecule has 0 unspecified atom stereocenters. The maximum atomic E-state index is 8.39. The first-order valence-corrected chi connectivity index (χ1v) is 6.29. The summed E-state index contributed by atoms with van der Waals surface area (Å²) in [7, 11) is 0. The van der Waals surface area contributed by atoms with Crippen LogP contribution in [0.15, 0.2) is 45.6 Å². The van der Waals surface area contributed by atoms with Crippen molar-refractivity contribution in [3.8, 4) is 0 Å². The second-order valence-corrected chi connectivity index (χ2v) is 5.80. The van der Waals surface area contributed by atoms with Crippen LogP contribution in [0.4, 0.5) is 0 Å². The molecule has 0 aromatic carbocycles. The van der Waals surface area contributed by atoms with E-state index in [0.717, 1.165) is 15.9 Å². The predicted molar refractivity (Wildman–Crippen MR) is 67.1 cm³/mol. The van der Waals surface area contributed by atoms with E-state index in [1.54, 1.807) is 11.3 Å². The van der Waals surface area contributed by atoms with E-state index in [4.69, 9.17) is 5.21 Å². The minimum Gasteiger partial charge on any atom is -0.411 e. The molecule has 2 rings (SSSR count). The van der Waals surface area contributed by atoms with Gasteiger partial charge in [-0.15, -0.1) is 11.3 Å². The number of aromatic nitrogens is 1. The summed E-state index contributed by atoms with van der Waals surface area (Å²) in [6.07, 6.45) is 5.33. The van der Waals surface area contributed by atoms with Gasteiger partial charge in [0.15, 0.2) is 18.9 Å². The zero-order valence-electron chi connectivity index (χ0n) is 8.38. The van der Waals surface area contributed by atoms with Gasteiger partial charge in [0.25, 0.3) is 0 Å². The molecule has 0 aliphatic carbocycles. The molecule has 0 aliphatic rings. The molecule has 16 heavy (non-hydrogen) atoms. The predicted octanol–water partition coefficient (Wildman–Crippen LogP) is 2.65. The standard InChI is InChI=1S/C11H9BrN2OS/c12-11-2-1-10(16-11)8-14-5-3-9(4-6-14)7-13-15/h1-7H,8H2/p+1. The van der Waals surface area contributed by atoms with Crippen LogP contribution in [0.3, 0.4) is 0 Å². The number of halogens is 1. The smallest absolute Gasteiger partial charge is 0.182 e. The van der Waals surface area contributed by atoms with Crippen molar-refractivity contribution in [1.82, 2.24) is 0 Å². The van der Waals surface area contributed by atoms with Crippen LogP contribution in [0.25, 0.3) is 0 Å². The number of hydrogen-bond acceptors (Lipinski definition) is 3. The Morgan fingerprint density at radius 3 is 2.62 bits per heavy atom. The molecule has 0 saturated carbocycles. The van der Waals surface area contributed by atoms with E-state index in [-0.39, 0.29) is 0 Å². The van der Waals surface area contributed by atoms with Crippen LogP contribution in [0.1, 0.15) is 10.4 Å². The molecule has 1 N–H and O–H groups in total. The molecule has 3 nitrogen and oxygen atoms in total. The average Bonchev–Trinajstić information content (AvgIpc) is 2.67. The Bertz CT molecular complexity index is 493. The minimum absolute atomic E-state index is 0.854. The summed E-state index contributed by atoms with van der Waals surface area (Å²) < 4.78 is 3.22. The first kappa shape index (κ1) is 11.3. The molecule has 0 atom stereocenters. The summed E-state index contributed by atoms with van der Waals surface area (Å²) in [6, 6.07) is 7.96. The Morgan fingerprint density at radius 2 is 2.06 bits per heavy atom. The van der Waals surface area contributed by atoms with Gasteiger partial charge < -0.3 is 5.21 Å².